The molecule has 1 unspecified atom stereocenters. The van der Waals surface area contributed by atoms with Gasteiger partial charge in [0.25, 0.3) is 5.91 Å². The van der Waals surface area contributed by atoms with Gasteiger partial charge in [0, 0.05) is 38.2 Å². The van der Waals surface area contributed by atoms with Crippen LogP contribution in [0.2, 0.25) is 0 Å². The molecule has 2 heterocycles. The fraction of sp³-hybridized carbons (Fsp3) is 0.375. The van der Waals surface area contributed by atoms with E-state index in [0.29, 0.717) is 5.56 Å². The van der Waals surface area contributed by atoms with Gasteiger partial charge in [0.05, 0.1) is 18.2 Å². The molecule has 1 fully saturated rings. The summed E-state index contributed by atoms with van der Waals surface area (Å²) in [5, 5.41) is 2.64. The second-order valence-corrected chi connectivity index (χ2v) is 13.4. The normalized spacial score (nSPS) is 14.3. The van der Waals surface area contributed by atoms with Gasteiger partial charge in [-0.2, -0.15) is 0 Å². The van der Waals surface area contributed by atoms with E-state index in [-0.39, 0.29) is 49.7 Å². The third kappa shape index (κ3) is 8.44. The summed E-state index contributed by atoms with van der Waals surface area (Å²) in [4.78, 5) is 63.3. The lowest BCUT2D eigenvalue weighted by molar-refractivity contribution is -0.155. The lowest BCUT2D eigenvalue weighted by Crippen LogP contribution is -2.56. The van der Waals surface area contributed by atoms with E-state index in [1.165, 1.54) is 29.0 Å². The SMILES string of the molecule is COC(=O)N1CCN(C(=O)C(CCC(=O)OC(C)(C)C)NC(=O)c2nc(-c3ccccc3)ncc2S(=O)(=O)c2ccccc2)CC1. The number of methoxy groups -OCH3 is 1. The first kappa shape index (κ1) is 34.0. The predicted molar refractivity (Wildman–Crippen MR) is 166 cm³/mol. The average Bonchev–Trinajstić information content (AvgIpc) is 3.05. The first-order valence-electron chi connectivity index (χ1n) is 14.7. The number of rotatable bonds is 9. The number of carbonyl (C=O) groups excluding carboxylic acids is 4. The topological polar surface area (TPSA) is 165 Å². The van der Waals surface area contributed by atoms with Crippen molar-refractivity contribution in [1.29, 1.82) is 0 Å². The van der Waals surface area contributed by atoms with Gasteiger partial charge in [-0.05, 0) is 39.3 Å². The van der Waals surface area contributed by atoms with Crippen LogP contribution in [0, 0.1) is 0 Å². The predicted octanol–water partition coefficient (Wildman–Crippen LogP) is 3.11. The summed E-state index contributed by atoms with van der Waals surface area (Å²) in [7, 11) is -2.99. The van der Waals surface area contributed by atoms with Crippen molar-refractivity contribution in [3.8, 4) is 11.4 Å². The highest BCUT2D eigenvalue weighted by Gasteiger charge is 2.34. The number of piperazine rings is 1. The Bertz CT molecular complexity index is 1670. The fourth-order valence-electron chi connectivity index (χ4n) is 4.78. The van der Waals surface area contributed by atoms with E-state index >= 15 is 0 Å². The molecule has 46 heavy (non-hydrogen) atoms. The molecular weight excluding hydrogens is 614 g/mol. The second-order valence-electron chi connectivity index (χ2n) is 11.5. The molecule has 2 aromatic carbocycles. The summed E-state index contributed by atoms with van der Waals surface area (Å²) in [6, 6.07) is 15.0. The maximum Gasteiger partial charge on any atom is 0.409 e. The van der Waals surface area contributed by atoms with E-state index in [9.17, 15) is 27.6 Å². The van der Waals surface area contributed by atoms with Crippen molar-refractivity contribution < 1.29 is 37.1 Å². The maximum absolute atomic E-state index is 14.0. The minimum Gasteiger partial charge on any atom is -0.460 e. The van der Waals surface area contributed by atoms with Crippen molar-refractivity contribution in [2.75, 3.05) is 33.3 Å². The zero-order valence-electron chi connectivity index (χ0n) is 26.1. The number of aromatic nitrogens is 2. The van der Waals surface area contributed by atoms with Crippen LogP contribution in [0.5, 0.6) is 0 Å². The molecule has 3 aromatic rings. The van der Waals surface area contributed by atoms with E-state index < -0.39 is 55.9 Å². The number of nitrogens with zero attached hydrogens (tertiary/aromatic N) is 4. The number of hydrogen-bond acceptors (Lipinski definition) is 10. The van der Waals surface area contributed by atoms with Gasteiger partial charge >= 0.3 is 12.1 Å². The van der Waals surface area contributed by atoms with Gasteiger partial charge in [-0.3, -0.25) is 14.4 Å². The Morgan fingerprint density at radius 2 is 1.50 bits per heavy atom. The number of amides is 3. The van der Waals surface area contributed by atoms with E-state index in [1.807, 2.05) is 0 Å². The highest BCUT2D eigenvalue weighted by molar-refractivity contribution is 7.91. The molecule has 1 aliphatic rings. The van der Waals surface area contributed by atoms with Gasteiger partial charge in [0.1, 0.15) is 16.5 Å². The van der Waals surface area contributed by atoms with Crippen molar-refractivity contribution in [2.45, 2.75) is 55.0 Å². The Morgan fingerprint density at radius 1 is 0.913 bits per heavy atom. The monoisotopic (exact) mass is 651 g/mol. The minimum absolute atomic E-state index is 0.0684. The molecule has 0 spiro atoms. The largest absolute Gasteiger partial charge is 0.460 e. The Kier molecular flexibility index (Phi) is 10.7. The first-order valence-corrected chi connectivity index (χ1v) is 16.2. The van der Waals surface area contributed by atoms with Crippen LogP contribution < -0.4 is 5.32 Å². The molecule has 4 rings (SSSR count). The molecule has 1 N–H and O–H groups in total. The Hall–Kier alpha value is -4.85. The van der Waals surface area contributed by atoms with Crippen LogP contribution in [-0.2, 0) is 28.9 Å². The molecule has 1 aliphatic heterocycles. The van der Waals surface area contributed by atoms with Crippen molar-refractivity contribution in [3.05, 3.63) is 72.6 Å². The maximum atomic E-state index is 14.0. The lowest BCUT2D eigenvalue weighted by atomic mass is 10.1. The summed E-state index contributed by atoms with van der Waals surface area (Å²) in [5.74, 6) is -1.92. The van der Waals surface area contributed by atoms with Crippen LogP contribution in [0.1, 0.15) is 44.1 Å². The molecule has 0 bridgehead atoms. The molecular formula is C32H37N5O8S. The molecule has 0 aliphatic carbocycles. The molecule has 3 amide bonds. The number of carbonyl (C=O) groups is 4. The minimum atomic E-state index is -4.26. The molecule has 1 atom stereocenters. The standard InChI is InChI=1S/C32H37N5O8S/c1-32(2,3)45-26(38)16-15-24(30(40)36-17-19-37(20-18-36)31(41)44-4)34-29(39)27-25(46(42,43)23-13-9-6-10-14-23)21-33-28(35-27)22-11-7-5-8-12-22/h5-14,21,24H,15-20H2,1-4H3,(H,34,39). The molecule has 244 valence electrons. The molecule has 0 saturated carbocycles. The Labute approximate surface area is 267 Å². The van der Waals surface area contributed by atoms with Crippen molar-refractivity contribution >= 4 is 33.7 Å². The molecule has 0 radical (unpaired) electrons. The number of nitrogens with one attached hydrogen (secondary N) is 1. The van der Waals surface area contributed by atoms with Gasteiger partial charge in [-0.15, -0.1) is 0 Å². The van der Waals surface area contributed by atoms with Crippen molar-refractivity contribution in [2.24, 2.45) is 0 Å². The van der Waals surface area contributed by atoms with Crippen LogP contribution in [0.25, 0.3) is 11.4 Å². The quantitative estimate of drug-likeness (QED) is 0.340. The van der Waals surface area contributed by atoms with Crippen LogP contribution in [0.3, 0.4) is 0 Å². The first-order chi connectivity index (χ1) is 21.8. The highest BCUT2D eigenvalue weighted by Crippen LogP contribution is 2.25. The van der Waals surface area contributed by atoms with Gasteiger partial charge < -0.3 is 24.6 Å². The molecule has 13 nitrogen and oxygen atoms in total. The number of sulfone groups is 1. The summed E-state index contributed by atoms with van der Waals surface area (Å²) in [6.45, 7) is 5.87. The van der Waals surface area contributed by atoms with Crippen LogP contribution in [0.15, 0.2) is 76.7 Å². The van der Waals surface area contributed by atoms with Crippen molar-refractivity contribution in [1.82, 2.24) is 25.1 Å². The smallest absolute Gasteiger partial charge is 0.409 e. The number of esters is 1. The summed E-state index contributed by atoms with van der Waals surface area (Å²) in [6.07, 6.45) is 0.223. The van der Waals surface area contributed by atoms with Gasteiger partial charge in [-0.1, -0.05) is 48.5 Å². The summed E-state index contributed by atoms with van der Waals surface area (Å²) >= 11 is 0. The zero-order valence-corrected chi connectivity index (χ0v) is 27.0. The van der Waals surface area contributed by atoms with Crippen LogP contribution in [-0.4, -0.2) is 97.0 Å². The average molecular weight is 652 g/mol. The summed E-state index contributed by atoms with van der Waals surface area (Å²) < 4.78 is 37.6. The third-order valence-electron chi connectivity index (χ3n) is 7.03. The molecule has 1 aromatic heterocycles. The fourth-order valence-corrected chi connectivity index (χ4v) is 6.13. The van der Waals surface area contributed by atoms with Gasteiger partial charge in [0.2, 0.25) is 15.7 Å². The van der Waals surface area contributed by atoms with Gasteiger partial charge in [-0.25, -0.2) is 23.2 Å². The Balaban J connectivity index is 1.68. The lowest BCUT2D eigenvalue weighted by Gasteiger charge is -2.35. The highest BCUT2D eigenvalue weighted by atomic mass is 32.2. The molecule has 14 heteroatoms. The van der Waals surface area contributed by atoms with Crippen molar-refractivity contribution in [3.63, 3.8) is 0 Å². The summed E-state index contributed by atoms with van der Waals surface area (Å²) in [5.41, 5.74) is -0.677. The Morgan fingerprint density at radius 3 is 2.09 bits per heavy atom. The number of hydrogen-bond donors (Lipinski definition) is 1. The van der Waals surface area contributed by atoms with E-state index in [1.54, 1.807) is 69.3 Å². The zero-order chi connectivity index (χ0) is 33.5. The number of benzene rings is 2. The van der Waals surface area contributed by atoms with Crippen LogP contribution >= 0.6 is 0 Å². The third-order valence-corrected chi connectivity index (χ3v) is 8.80. The van der Waals surface area contributed by atoms with E-state index in [0.717, 1.165) is 6.20 Å². The van der Waals surface area contributed by atoms with E-state index in [4.69, 9.17) is 9.47 Å². The van der Waals surface area contributed by atoms with Gasteiger partial charge in [0.15, 0.2) is 11.5 Å². The van der Waals surface area contributed by atoms with Crippen LogP contribution in [0.4, 0.5) is 4.79 Å². The van der Waals surface area contributed by atoms with E-state index in [2.05, 4.69) is 15.3 Å². The number of ether oxygens (including phenoxy) is 2. The second kappa shape index (κ2) is 14.5. The molecule has 1 saturated heterocycles.